The van der Waals surface area contributed by atoms with Crippen LogP contribution in [-0.4, -0.2) is 6.61 Å². The van der Waals surface area contributed by atoms with Gasteiger partial charge in [-0.3, -0.25) is 0 Å². The molecule has 2 heteroatoms. The van der Waals surface area contributed by atoms with E-state index in [1.54, 1.807) is 0 Å². The minimum atomic E-state index is -0.509. The molecule has 2 aromatic rings. The minimum Gasteiger partial charge on any atom is -0.494 e. The largest absolute Gasteiger partial charge is 0.494 e. The number of hydrogen-bond donors (Lipinski definition) is 0. The molecule has 0 saturated carbocycles. The van der Waals surface area contributed by atoms with Crippen molar-refractivity contribution in [3.8, 4) is 11.8 Å². The molecule has 20 heavy (non-hydrogen) atoms. The first kappa shape index (κ1) is 14.1. The summed E-state index contributed by atoms with van der Waals surface area (Å²) in [5.74, 6) is 0.860. The zero-order valence-corrected chi connectivity index (χ0v) is 12.0. The predicted molar refractivity (Wildman–Crippen MR) is 80.7 cm³/mol. The van der Waals surface area contributed by atoms with Crippen LogP contribution in [0, 0.1) is 18.3 Å². The molecule has 1 atom stereocenters. The summed E-state index contributed by atoms with van der Waals surface area (Å²) in [5, 5.41) is 9.47. The van der Waals surface area contributed by atoms with Crippen LogP contribution in [0.3, 0.4) is 0 Å². The number of hydrogen-bond acceptors (Lipinski definition) is 2. The summed E-state index contributed by atoms with van der Waals surface area (Å²) >= 11 is 0. The van der Waals surface area contributed by atoms with E-state index in [9.17, 15) is 5.26 Å². The van der Waals surface area contributed by atoms with Crippen LogP contribution in [0.25, 0.3) is 0 Å². The highest BCUT2D eigenvalue weighted by atomic mass is 16.5. The number of ether oxygens (including phenoxy) is 1. The van der Waals surface area contributed by atoms with Gasteiger partial charge in [0, 0.05) is 6.42 Å². The Morgan fingerprint density at radius 2 is 1.85 bits per heavy atom. The first-order valence-electron chi connectivity index (χ1n) is 6.80. The highest BCUT2D eigenvalue weighted by molar-refractivity contribution is 5.31. The van der Waals surface area contributed by atoms with Gasteiger partial charge in [0.15, 0.2) is 0 Å². The molecule has 2 aromatic carbocycles. The van der Waals surface area contributed by atoms with Crippen molar-refractivity contribution < 1.29 is 4.74 Å². The van der Waals surface area contributed by atoms with E-state index in [-0.39, 0.29) is 0 Å². The lowest BCUT2D eigenvalue weighted by Gasteiger charge is -2.22. The van der Waals surface area contributed by atoms with Crippen LogP contribution in [0.2, 0.25) is 0 Å². The van der Waals surface area contributed by atoms with Crippen LogP contribution in [0.5, 0.6) is 5.75 Å². The van der Waals surface area contributed by atoms with Crippen molar-refractivity contribution in [3.63, 3.8) is 0 Å². The van der Waals surface area contributed by atoms with Gasteiger partial charge in [0.05, 0.1) is 18.1 Å². The Kier molecular flexibility index (Phi) is 4.42. The molecular weight excluding hydrogens is 246 g/mol. The zero-order valence-electron chi connectivity index (χ0n) is 12.0. The molecule has 0 saturated heterocycles. The molecule has 2 rings (SSSR count). The maximum atomic E-state index is 9.47. The smallest absolute Gasteiger partial charge is 0.119 e. The van der Waals surface area contributed by atoms with Crippen molar-refractivity contribution in [1.82, 2.24) is 0 Å². The highest BCUT2D eigenvalue weighted by Gasteiger charge is 2.26. The van der Waals surface area contributed by atoms with Crippen LogP contribution in [0.15, 0.2) is 54.6 Å². The Labute approximate surface area is 120 Å². The summed E-state index contributed by atoms with van der Waals surface area (Å²) in [6.07, 6.45) is 0.668. The molecule has 0 aromatic heterocycles. The van der Waals surface area contributed by atoms with Crippen LogP contribution in [-0.2, 0) is 5.41 Å². The first-order chi connectivity index (χ1) is 9.64. The number of nitrogens with zero attached hydrogens (tertiary/aromatic N) is 1. The first-order valence-corrected chi connectivity index (χ1v) is 6.80. The van der Waals surface area contributed by atoms with E-state index >= 15 is 0 Å². The van der Waals surface area contributed by atoms with Crippen LogP contribution in [0.4, 0.5) is 0 Å². The number of aryl methyl sites for hydroxylation is 1. The predicted octanol–water partition coefficient (Wildman–Crippen LogP) is 4.25. The molecular formula is C18H19NO. The molecule has 0 aliphatic rings. The summed E-state index contributed by atoms with van der Waals surface area (Å²) in [4.78, 5) is 0. The van der Waals surface area contributed by atoms with Gasteiger partial charge in [0.1, 0.15) is 5.75 Å². The van der Waals surface area contributed by atoms with Gasteiger partial charge in [0.25, 0.3) is 0 Å². The van der Waals surface area contributed by atoms with Crippen molar-refractivity contribution in [3.05, 3.63) is 65.7 Å². The fourth-order valence-corrected chi connectivity index (χ4v) is 2.15. The molecule has 2 nitrogen and oxygen atoms in total. The van der Waals surface area contributed by atoms with E-state index in [2.05, 4.69) is 6.07 Å². The van der Waals surface area contributed by atoms with Crippen LogP contribution < -0.4 is 4.74 Å². The van der Waals surface area contributed by atoms with Gasteiger partial charge in [-0.25, -0.2) is 0 Å². The summed E-state index contributed by atoms with van der Waals surface area (Å²) in [5.41, 5.74) is 1.70. The molecule has 0 heterocycles. The molecule has 0 aliphatic carbocycles. The molecule has 0 radical (unpaired) electrons. The van der Waals surface area contributed by atoms with E-state index in [4.69, 9.17) is 4.74 Å². The fraction of sp³-hybridized carbons (Fsp3) is 0.278. The average Bonchev–Trinajstić information content (AvgIpc) is 2.48. The van der Waals surface area contributed by atoms with Crippen molar-refractivity contribution in [2.45, 2.75) is 25.7 Å². The van der Waals surface area contributed by atoms with Crippen molar-refractivity contribution in [2.24, 2.45) is 0 Å². The second kappa shape index (κ2) is 6.25. The van der Waals surface area contributed by atoms with Crippen molar-refractivity contribution >= 4 is 0 Å². The SMILES string of the molecule is Cc1cccc(OCCC(C)(C#N)c2ccccc2)c1. The number of rotatable bonds is 5. The molecule has 0 spiro atoms. The molecule has 0 bridgehead atoms. The van der Waals surface area contributed by atoms with Crippen LogP contribution >= 0.6 is 0 Å². The lowest BCUT2D eigenvalue weighted by atomic mass is 9.81. The molecule has 102 valence electrons. The third-order valence-corrected chi connectivity index (χ3v) is 3.52. The summed E-state index contributed by atoms with van der Waals surface area (Å²) in [6, 6.07) is 20.3. The minimum absolute atomic E-state index is 0.509. The van der Waals surface area contributed by atoms with Gasteiger partial charge in [-0.1, -0.05) is 42.5 Å². The number of benzene rings is 2. The van der Waals surface area contributed by atoms with E-state index in [0.29, 0.717) is 13.0 Å². The quantitative estimate of drug-likeness (QED) is 0.809. The highest BCUT2D eigenvalue weighted by Crippen LogP contribution is 2.27. The Morgan fingerprint density at radius 3 is 2.50 bits per heavy atom. The average molecular weight is 265 g/mol. The maximum absolute atomic E-state index is 9.47. The second-order valence-electron chi connectivity index (χ2n) is 5.22. The Bertz CT molecular complexity index is 600. The van der Waals surface area contributed by atoms with Gasteiger partial charge < -0.3 is 4.74 Å². The van der Waals surface area contributed by atoms with E-state index in [1.807, 2.05) is 68.4 Å². The van der Waals surface area contributed by atoms with Gasteiger partial charge in [0.2, 0.25) is 0 Å². The Morgan fingerprint density at radius 1 is 1.10 bits per heavy atom. The van der Waals surface area contributed by atoms with Crippen molar-refractivity contribution in [2.75, 3.05) is 6.61 Å². The van der Waals surface area contributed by atoms with E-state index < -0.39 is 5.41 Å². The Hall–Kier alpha value is -2.27. The second-order valence-corrected chi connectivity index (χ2v) is 5.22. The third kappa shape index (κ3) is 3.39. The molecule has 1 unspecified atom stereocenters. The topological polar surface area (TPSA) is 33.0 Å². The molecule has 0 fully saturated rings. The zero-order chi connectivity index (χ0) is 14.4. The maximum Gasteiger partial charge on any atom is 0.119 e. The Balaban J connectivity index is 2.00. The fourth-order valence-electron chi connectivity index (χ4n) is 2.15. The third-order valence-electron chi connectivity index (χ3n) is 3.52. The van der Waals surface area contributed by atoms with E-state index in [0.717, 1.165) is 11.3 Å². The molecule has 0 N–H and O–H groups in total. The summed E-state index contributed by atoms with van der Waals surface area (Å²) in [7, 11) is 0. The monoisotopic (exact) mass is 265 g/mol. The van der Waals surface area contributed by atoms with E-state index in [1.165, 1.54) is 5.56 Å². The van der Waals surface area contributed by atoms with Crippen molar-refractivity contribution in [1.29, 1.82) is 5.26 Å². The molecule has 0 aliphatic heterocycles. The summed E-state index contributed by atoms with van der Waals surface area (Å²) < 4.78 is 5.75. The van der Waals surface area contributed by atoms with Gasteiger partial charge in [-0.05, 0) is 37.1 Å². The standard InChI is InChI=1S/C18H19NO/c1-15-7-6-10-17(13-15)20-12-11-18(2,14-19)16-8-4-3-5-9-16/h3-10,13H,11-12H2,1-2H3. The van der Waals surface area contributed by atoms with Crippen LogP contribution in [0.1, 0.15) is 24.5 Å². The van der Waals surface area contributed by atoms with Gasteiger partial charge >= 0.3 is 0 Å². The normalized spacial score (nSPS) is 13.2. The number of nitriles is 1. The van der Waals surface area contributed by atoms with Gasteiger partial charge in [-0.2, -0.15) is 5.26 Å². The molecule has 0 amide bonds. The summed E-state index contributed by atoms with van der Waals surface area (Å²) in [6.45, 7) is 4.53. The lowest BCUT2D eigenvalue weighted by molar-refractivity contribution is 0.285. The van der Waals surface area contributed by atoms with Gasteiger partial charge in [-0.15, -0.1) is 0 Å². The lowest BCUT2D eigenvalue weighted by Crippen LogP contribution is -2.22.